The molecule has 0 aliphatic heterocycles. The Morgan fingerprint density at radius 2 is 1.95 bits per heavy atom. The number of ether oxygens (including phenoxy) is 2. The summed E-state index contributed by atoms with van der Waals surface area (Å²) in [5.74, 6) is 1.25. The number of rotatable bonds is 7. The predicted octanol–water partition coefficient (Wildman–Crippen LogP) is 2.63. The molecule has 0 amide bonds. The Labute approximate surface area is 131 Å². The summed E-state index contributed by atoms with van der Waals surface area (Å²) in [6.07, 6.45) is -0.302. The highest BCUT2D eigenvalue weighted by molar-refractivity contribution is 5.62. The molecule has 2 aromatic rings. The first-order chi connectivity index (χ1) is 10.5. The van der Waals surface area contributed by atoms with E-state index in [2.05, 4.69) is 9.88 Å². The Balaban J connectivity index is 1.99. The first kappa shape index (κ1) is 16.3. The summed E-state index contributed by atoms with van der Waals surface area (Å²) >= 11 is 0. The lowest BCUT2D eigenvalue weighted by atomic mass is 10.1. The molecular formula is C17H23N3O2. The lowest BCUT2D eigenvalue weighted by Gasteiger charge is -2.17. The van der Waals surface area contributed by atoms with Crippen LogP contribution < -0.4 is 10.5 Å². The van der Waals surface area contributed by atoms with Crippen LogP contribution in [0, 0.1) is 0 Å². The number of aromatic nitrogens is 1. The summed E-state index contributed by atoms with van der Waals surface area (Å²) in [5, 5.41) is 0. The van der Waals surface area contributed by atoms with Crippen molar-refractivity contribution >= 4 is 5.82 Å². The number of benzene rings is 1. The Kier molecular flexibility index (Phi) is 5.75. The van der Waals surface area contributed by atoms with Crippen LogP contribution in [0.1, 0.15) is 6.92 Å². The quantitative estimate of drug-likeness (QED) is 0.797. The third-order valence-electron chi connectivity index (χ3n) is 3.09. The molecule has 5 heteroatoms. The lowest BCUT2D eigenvalue weighted by molar-refractivity contribution is -0.0695. The van der Waals surface area contributed by atoms with E-state index in [0.717, 1.165) is 23.6 Å². The molecule has 1 heterocycles. The number of likely N-dealkylation sites (N-methyl/N-ethyl adjacent to an activating group) is 1. The Bertz CT molecular complexity index is 602. The maximum Gasteiger partial charge on any atom is 0.197 e. The highest BCUT2D eigenvalue weighted by Crippen LogP contribution is 2.23. The molecule has 0 aliphatic rings. The molecule has 0 saturated heterocycles. The maximum absolute atomic E-state index is 5.79. The number of nitrogens with zero attached hydrogens (tertiary/aromatic N) is 2. The van der Waals surface area contributed by atoms with Crippen LogP contribution in [0.5, 0.6) is 5.75 Å². The summed E-state index contributed by atoms with van der Waals surface area (Å²) in [4.78, 5) is 6.39. The van der Waals surface area contributed by atoms with Crippen molar-refractivity contribution in [2.24, 2.45) is 0 Å². The molecule has 0 bridgehead atoms. The van der Waals surface area contributed by atoms with Gasteiger partial charge < -0.3 is 20.1 Å². The number of hydrogen-bond acceptors (Lipinski definition) is 5. The van der Waals surface area contributed by atoms with E-state index < -0.39 is 0 Å². The number of hydrogen-bond donors (Lipinski definition) is 1. The van der Waals surface area contributed by atoms with Crippen LogP contribution in [0.4, 0.5) is 5.82 Å². The highest BCUT2D eigenvalue weighted by atomic mass is 16.7. The van der Waals surface area contributed by atoms with Crippen LogP contribution in [0.2, 0.25) is 0 Å². The molecule has 1 aromatic heterocycles. The molecule has 5 nitrogen and oxygen atoms in total. The van der Waals surface area contributed by atoms with E-state index in [1.54, 1.807) is 6.07 Å². The van der Waals surface area contributed by atoms with Gasteiger partial charge in [0.2, 0.25) is 0 Å². The van der Waals surface area contributed by atoms with Crippen molar-refractivity contribution in [3.63, 3.8) is 0 Å². The fraction of sp³-hybridized carbons (Fsp3) is 0.353. The zero-order valence-corrected chi connectivity index (χ0v) is 13.3. The van der Waals surface area contributed by atoms with Gasteiger partial charge in [-0.15, -0.1) is 0 Å². The lowest BCUT2D eigenvalue weighted by Crippen LogP contribution is -2.23. The maximum atomic E-state index is 5.79. The minimum absolute atomic E-state index is 0.302. The van der Waals surface area contributed by atoms with E-state index in [1.165, 1.54) is 0 Å². The molecule has 0 radical (unpaired) electrons. The van der Waals surface area contributed by atoms with Gasteiger partial charge in [0.15, 0.2) is 6.29 Å². The van der Waals surface area contributed by atoms with E-state index in [-0.39, 0.29) is 6.29 Å². The van der Waals surface area contributed by atoms with Crippen molar-refractivity contribution in [3.8, 4) is 17.0 Å². The number of pyridine rings is 1. The van der Waals surface area contributed by atoms with Crippen molar-refractivity contribution in [2.45, 2.75) is 13.2 Å². The van der Waals surface area contributed by atoms with Crippen LogP contribution in [0.15, 0.2) is 42.5 Å². The highest BCUT2D eigenvalue weighted by Gasteiger charge is 2.06. The second-order valence-electron chi connectivity index (χ2n) is 5.34. The molecule has 0 aliphatic carbocycles. The normalized spacial score (nSPS) is 12.4. The standard InChI is InChI=1S/C17H23N3O2/c1-13(21-11-10-20(2)3)22-15-7-4-6-14(12-15)16-8-5-9-17(18)19-16/h4-9,12-13H,10-11H2,1-3H3,(H2,18,19). The van der Waals surface area contributed by atoms with Gasteiger partial charge in [0, 0.05) is 12.1 Å². The van der Waals surface area contributed by atoms with Gasteiger partial charge in [0.1, 0.15) is 11.6 Å². The molecule has 1 atom stereocenters. The minimum atomic E-state index is -0.302. The van der Waals surface area contributed by atoms with Crippen molar-refractivity contribution in [1.29, 1.82) is 0 Å². The van der Waals surface area contributed by atoms with Gasteiger partial charge in [0.25, 0.3) is 0 Å². The average Bonchev–Trinajstić information content (AvgIpc) is 2.47. The summed E-state index contributed by atoms with van der Waals surface area (Å²) in [6.45, 7) is 3.38. The van der Waals surface area contributed by atoms with Crippen LogP contribution >= 0.6 is 0 Å². The van der Waals surface area contributed by atoms with Crippen molar-refractivity contribution in [2.75, 3.05) is 33.0 Å². The van der Waals surface area contributed by atoms with E-state index in [1.807, 2.05) is 57.4 Å². The number of anilines is 1. The third-order valence-corrected chi connectivity index (χ3v) is 3.09. The molecule has 1 aromatic carbocycles. The van der Waals surface area contributed by atoms with Crippen LogP contribution in [-0.2, 0) is 4.74 Å². The fourth-order valence-corrected chi connectivity index (χ4v) is 1.97. The number of nitrogens with two attached hydrogens (primary N) is 1. The minimum Gasteiger partial charge on any atom is -0.465 e. The van der Waals surface area contributed by atoms with E-state index in [4.69, 9.17) is 15.2 Å². The zero-order valence-electron chi connectivity index (χ0n) is 13.3. The smallest absolute Gasteiger partial charge is 0.197 e. The number of nitrogen functional groups attached to an aromatic ring is 1. The third kappa shape index (κ3) is 5.02. The van der Waals surface area contributed by atoms with Gasteiger partial charge in [-0.05, 0) is 45.3 Å². The molecule has 118 valence electrons. The van der Waals surface area contributed by atoms with Gasteiger partial charge >= 0.3 is 0 Å². The molecule has 22 heavy (non-hydrogen) atoms. The van der Waals surface area contributed by atoms with E-state index in [9.17, 15) is 0 Å². The van der Waals surface area contributed by atoms with Crippen molar-refractivity contribution < 1.29 is 9.47 Å². The molecular weight excluding hydrogens is 278 g/mol. The van der Waals surface area contributed by atoms with Gasteiger partial charge in [-0.1, -0.05) is 18.2 Å². The van der Waals surface area contributed by atoms with E-state index >= 15 is 0 Å². The Morgan fingerprint density at radius 1 is 1.18 bits per heavy atom. The monoisotopic (exact) mass is 301 g/mol. The van der Waals surface area contributed by atoms with E-state index in [0.29, 0.717) is 12.4 Å². The molecule has 1 unspecified atom stereocenters. The van der Waals surface area contributed by atoms with Gasteiger partial charge in [0.05, 0.1) is 12.3 Å². The van der Waals surface area contributed by atoms with Gasteiger partial charge in [-0.25, -0.2) is 4.98 Å². The summed E-state index contributed by atoms with van der Waals surface area (Å²) in [5.41, 5.74) is 7.52. The first-order valence-electron chi connectivity index (χ1n) is 7.30. The SMILES string of the molecule is CC(OCCN(C)C)Oc1cccc(-c2cccc(N)n2)c1. The van der Waals surface area contributed by atoms with Crippen molar-refractivity contribution in [1.82, 2.24) is 9.88 Å². The Hall–Kier alpha value is -2.11. The zero-order chi connectivity index (χ0) is 15.9. The van der Waals surface area contributed by atoms with Crippen LogP contribution in [-0.4, -0.2) is 43.4 Å². The summed E-state index contributed by atoms with van der Waals surface area (Å²) in [6, 6.07) is 13.3. The molecule has 0 spiro atoms. The largest absolute Gasteiger partial charge is 0.465 e. The molecule has 2 rings (SSSR count). The molecule has 0 saturated carbocycles. The summed E-state index contributed by atoms with van der Waals surface area (Å²) in [7, 11) is 4.02. The Morgan fingerprint density at radius 3 is 2.68 bits per heavy atom. The summed E-state index contributed by atoms with van der Waals surface area (Å²) < 4.78 is 11.4. The predicted molar refractivity (Wildman–Crippen MR) is 88.7 cm³/mol. The second kappa shape index (κ2) is 7.77. The first-order valence-corrected chi connectivity index (χ1v) is 7.30. The fourth-order valence-electron chi connectivity index (χ4n) is 1.97. The second-order valence-corrected chi connectivity index (χ2v) is 5.34. The van der Waals surface area contributed by atoms with Crippen LogP contribution in [0.3, 0.4) is 0 Å². The molecule has 2 N–H and O–H groups in total. The van der Waals surface area contributed by atoms with Crippen molar-refractivity contribution in [3.05, 3.63) is 42.5 Å². The molecule has 0 fully saturated rings. The average molecular weight is 301 g/mol. The van der Waals surface area contributed by atoms with Gasteiger partial charge in [-0.3, -0.25) is 0 Å². The topological polar surface area (TPSA) is 60.6 Å². The van der Waals surface area contributed by atoms with Crippen LogP contribution in [0.25, 0.3) is 11.3 Å². The van der Waals surface area contributed by atoms with Gasteiger partial charge in [-0.2, -0.15) is 0 Å².